The number of carbonyl (C=O) groups is 1. The molecule has 0 heterocycles. The Hall–Kier alpha value is -0.580. The SMILES string of the molecule is CCNC(=NCCS(=O)(=O)C(C)(C)C)NC1CCC(C(=O)OCC)CC1.I. The normalized spacial score (nSPS) is 21.1. The average molecular weight is 517 g/mol. The number of ether oxygens (including phenoxy) is 1. The standard InChI is InChI=1S/C18H35N3O4S.HI/c1-6-19-17(20-12-13-26(23,24)18(3,4)5)21-15-10-8-14(9-11-15)16(22)25-7-2;/h14-15H,6-13H2,1-5H3,(H2,19,20,21);1H. The molecule has 1 fully saturated rings. The number of rotatable bonds is 7. The van der Waals surface area contributed by atoms with Gasteiger partial charge in [-0.1, -0.05) is 0 Å². The van der Waals surface area contributed by atoms with Gasteiger partial charge in [-0.15, -0.1) is 24.0 Å². The number of hydrogen-bond donors (Lipinski definition) is 2. The number of aliphatic imine (C=N–C) groups is 1. The fraction of sp³-hybridized carbons (Fsp3) is 0.889. The Morgan fingerprint density at radius 3 is 2.22 bits per heavy atom. The van der Waals surface area contributed by atoms with Crippen LogP contribution in [0.25, 0.3) is 0 Å². The summed E-state index contributed by atoms with van der Waals surface area (Å²) in [6, 6.07) is 0.234. The quantitative estimate of drug-likeness (QED) is 0.233. The summed E-state index contributed by atoms with van der Waals surface area (Å²) >= 11 is 0. The van der Waals surface area contributed by atoms with Crippen LogP contribution in [0.15, 0.2) is 4.99 Å². The van der Waals surface area contributed by atoms with Crippen LogP contribution < -0.4 is 10.6 Å². The summed E-state index contributed by atoms with van der Waals surface area (Å²) in [7, 11) is -3.18. The predicted octanol–water partition coefficient (Wildman–Crippen LogP) is 2.49. The second-order valence-electron chi connectivity index (χ2n) is 7.64. The van der Waals surface area contributed by atoms with E-state index < -0.39 is 14.6 Å². The van der Waals surface area contributed by atoms with Crippen molar-refractivity contribution in [2.75, 3.05) is 25.4 Å². The molecule has 1 saturated carbocycles. The van der Waals surface area contributed by atoms with E-state index in [1.807, 2.05) is 13.8 Å². The molecular formula is C18H36IN3O4S. The Bertz CT molecular complexity index is 580. The Balaban J connectivity index is 0.00000676. The number of hydrogen-bond acceptors (Lipinski definition) is 5. The van der Waals surface area contributed by atoms with Crippen molar-refractivity contribution < 1.29 is 17.9 Å². The van der Waals surface area contributed by atoms with Crippen molar-refractivity contribution >= 4 is 45.7 Å². The maximum absolute atomic E-state index is 12.2. The Kier molecular flexibility index (Phi) is 11.8. The van der Waals surface area contributed by atoms with Crippen LogP contribution in [0.5, 0.6) is 0 Å². The second-order valence-corrected chi connectivity index (χ2v) is 10.5. The van der Waals surface area contributed by atoms with Crippen molar-refractivity contribution in [1.29, 1.82) is 0 Å². The molecular weight excluding hydrogens is 481 g/mol. The largest absolute Gasteiger partial charge is 0.466 e. The zero-order chi connectivity index (χ0) is 19.8. The summed E-state index contributed by atoms with van der Waals surface area (Å²) in [5, 5.41) is 6.53. The molecule has 7 nitrogen and oxygen atoms in total. The van der Waals surface area contributed by atoms with E-state index in [2.05, 4.69) is 15.6 Å². The van der Waals surface area contributed by atoms with Gasteiger partial charge in [0.05, 0.1) is 29.6 Å². The third kappa shape index (κ3) is 8.97. The molecule has 0 atom stereocenters. The number of nitrogens with one attached hydrogen (secondary N) is 2. The molecule has 1 aliphatic carbocycles. The molecule has 160 valence electrons. The highest BCUT2D eigenvalue weighted by molar-refractivity contribution is 14.0. The van der Waals surface area contributed by atoms with Gasteiger partial charge in [0, 0.05) is 12.6 Å². The molecule has 1 aliphatic rings. The van der Waals surface area contributed by atoms with Crippen molar-refractivity contribution in [2.24, 2.45) is 10.9 Å². The van der Waals surface area contributed by atoms with E-state index in [4.69, 9.17) is 4.74 Å². The van der Waals surface area contributed by atoms with Crippen LogP contribution in [0.2, 0.25) is 0 Å². The lowest BCUT2D eigenvalue weighted by Gasteiger charge is -2.29. The molecule has 1 rings (SSSR count). The highest BCUT2D eigenvalue weighted by Crippen LogP contribution is 2.25. The molecule has 27 heavy (non-hydrogen) atoms. The molecule has 0 amide bonds. The predicted molar refractivity (Wildman–Crippen MR) is 120 cm³/mol. The van der Waals surface area contributed by atoms with E-state index in [1.54, 1.807) is 20.8 Å². The first-order valence-corrected chi connectivity index (χ1v) is 11.2. The highest BCUT2D eigenvalue weighted by atomic mass is 127. The molecule has 0 bridgehead atoms. The van der Waals surface area contributed by atoms with Gasteiger partial charge in [0.2, 0.25) is 0 Å². The third-order valence-corrected chi connectivity index (χ3v) is 7.18. The first-order valence-electron chi connectivity index (χ1n) is 9.54. The number of esters is 1. The van der Waals surface area contributed by atoms with E-state index in [1.165, 1.54) is 0 Å². The Morgan fingerprint density at radius 1 is 1.15 bits per heavy atom. The van der Waals surface area contributed by atoms with E-state index in [9.17, 15) is 13.2 Å². The molecule has 2 N–H and O–H groups in total. The van der Waals surface area contributed by atoms with Gasteiger partial charge < -0.3 is 15.4 Å². The van der Waals surface area contributed by atoms with Crippen LogP contribution in [-0.4, -0.2) is 56.6 Å². The lowest BCUT2D eigenvalue weighted by Crippen LogP contribution is -2.45. The Morgan fingerprint density at radius 2 is 1.74 bits per heavy atom. The minimum Gasteiger partial charge on any atom is -0.466 e. The minimum absolute atomic E-state index is 0. The van der Waals surface area contributed by atoms with Gasteiger partial charge in [0.15, 0.2) is 15.8 Å². The lowest BCUT2D eigenvalue weighted by molar-refractivity contribution is -0.149. The maximum Gasteiger partial charge on any atom is 0.308 e. The number of guanidine groups is 1. The van der Waals surface area contributed by atoms with E-state index in [0.29, 0.717) is 19.1 Å². The van der Waals surface area contributed by atoms with Crippen molar-refractivity contribution in [3.8, 4) is 0 Å². The second kappa shape index (κ2) is 12.1. The number of halogens is 1. The Labute approximate surface area is 181 Å². The molecule has 0 aromatic rings. The highest BCUT2D eigenvalue weighted by Gasteiger charge is 2.29. The molecule has 0 spiro atoms. The monoisotopic (exact) mass is 517 g/mol. The van der Waals surface area contributed by atoms with Gasteiger partial charge in [-0.05, 0) is 60.3 Å². The van der Waals surface area contributed by atoms with Gasteiger partial charge in [0.25, 0.3) is 0 Å². The molecule has 0 aromatic carbocycles. The average Bonchev–Trinajstić information content (AvgIpc) is 2.54. The summed E-state index contributed by atoms with van der Waals surface area (Å²) in [6.45, 7) is 10.3. The maximum atomic E-state index is 12.2. The van der Waals surface area contributed by atoms with Crippen LogP contribution >= 0.6 is 24.0 Å². The molecule has 0 saturated heterocycles. The van der Waals surface area contributed by atoms with Gasteiger partial charge in [-0.25, -0.2) is 8.42 Å². The summed E-state index contributed by atoms with van der Waals surface area (Å²) in [4.78, 5) is 16.2. The summed E-state index contributed by atoms with van der Waals surface area (Å²) < 4.78 is 28.7. The lowest BCUT2D eigenvalue weighted by atomic mass is 9.86. The first-order chi connectivity index (χ1) is 12.1. The number of nitrogens with zero attached hydrogens (tertiary/aromatic N) is 1. The zero-order valence-electron chi connectivity index (χ0n) is 17.2. The van der Waals surface area contributed by atoms with Crippen LogP contribution in [0, 0.1) is 5.92 Å². The van der Waals surface area contributed by atoms with Crippen molar-refractivity contribution in [3.05, 3.63) is 0 Å². The molecule has 0 aliphatic heterocycles. The van der Waals surface area contributed by atoms with Gasteiger partial charge in [0.1, 0.15) is 0 Å². The smallest absolute Gasteiger partial charge is 0.308 e. The van der Waals surface area contributed by atoms with Crippen LogP contribution in [0.1, 0.15) is 60.3 Å². The third-order valence-electron chi connectivity index (χ3n) is 4.60. The summed E-state index contributed by atoms with van der Waals surface area (Å²) in [6.07, 6.45) is 3.34. The van der Waals surface area contributed by atoms with Crippen molar-refractivity contribution in [3.63, 3.8) is 0 Å². The van der Waals surface area contributed by atoms with Crippen LogP contribution in [0.3, 0.4) is 0 Å². The summed E-state index contributed by atoms with van der Waals surface area (Å²) in [5.41, 5.74) is 0. The minimum atomic E-state index is -3.18. The van der Waals surface area contributed by atoms with Crippen LogP contribution in [0.4, 0.5) is 0 Å². The number of sulfone groups is 1. The molecule has 0 radical (unpaired) electrons. The van der Waals surface area contributed by atoms with Gasteiger partial charge in [-0.2, -0.15) is 0 Å². The topological polar surface area (TPSA) is 96.9 Å². The van der Waals surface area contributed by atoms with E-state index in [0.717, 1.165) is 25.7 Å². The molecule has 9 heteroatoms. The van der Waals surface area contributed by atoms with Gasteiger partial charge in [-0.3, -0.25) is 9.79 Å². The zero-order valence-corrected chi connectivity index (χ0v) is 20.4. The fourth-order valence-corrected chi connectivity index (χ4v) is 3.77. The fourth-order valence-electron chi connectivity index (χ4n) is 2.83. The van der Waals surface area contributed by atoms with E-state index >= 15 is 0 Å². The molecule has 0 unspecified atom stereocenters. The van der Waals surface area contributed by atoms with Crippen LogP contribution in [-0.2, 0) is 19.4 Å². The molecule has 0 aromatic heterocycles. The first kappa shape index (κ1) is 26.4. The van der Waals surface area contributed by atoms with E-state index in [-0.39, 0.29) is 54.2 Å². The van der Waals surface area contributed by atoms with Gasteiger partial charge >= 0.3 is 5.97 Å². The number of carbonyl (C=O) groups excluding carboxylic acids is 1. The van der Waals surface area contributed by atoms with Crippen molar-refractivity contribution in [1.82, 2.24) is 10.6 Å². The summed E-state index contributed by atoms with van der Waals surface area (Å²) in [5.74, 6) is 0.558. The van der Waals surface area contributed by atoms with Crippen molar-refractivity contribution in [2.45, 2.75) is 71.1 Å².